The fourth-order valence-corrected chi connectivity index (χ4v) is 5.07. The molecule has 35 heavy (non-hydrogen) atoms. The van der Waals surface area contributed by atoms with Gasteiger partial charge in [-0.15, -0.1) is 0 Å². The normalized spacial score (nSPS) is 14.2. The first-order valence-electron chi connectivity index (χ1n) is 11.2. The van der Waals surface area contributed by atoms with Crippen molar-refractivity contribution in [1.82, 2.24) is 30.2 Å². The minimum atomic E-state index is -0.319. The first kappa shape index (κ1) is 19.4. The summed E-state index contributed by atoms with van der Waals surface area (Å²) in [6, 6.07) is 17.4. The fourth-order valence-electron chi connectivity index (χ4n) is 5.07. The molecule has 0 saturated heterocycles. The second-order valence-electron chi connectivity index (χ2n) is 8.45. The second kappa shape index (κ2) is 7.22. The van der Waals surface area contributed by atoms with Crippen LogP contribution in [0.2, 0.25) is 0 Å². The van der Waals surface area contributed by atoms with E-state index in [0.717, 1.165) is 38.7 Å². The van der Waals surface area contributed by atoms with Crippen molar-refractivity contribution in [2.75, 3.05) is 5.73 Å². The monoisotopic (exact) mass is 459 g/mol. The van der Waals surface area contributed by atoms with Crippen molar-refractivity contribution >= 4 is 34.1 Å². The van der Waals surface area contributed by atoms with E-state index in [1.54, 1.807) is 24.8 Å². The number of aromatic amines is 3. The number of hydrogen-bond donors (Lipinski definition) is 4. The van der Waals surface area contributed by atoms with Crippen LogP contribution in [-0.2, 0) is 0 Å². The summed E-state index contributed by atoms with van der Waals surface area (Å²) in [6.45, 7) is 0. The van der Waals surface area contributed by atoms with E-state index >= 15 is 0 Å². The molecule has 9 nitrogen and oxygen atoms in total. The average Bonchev–Trinajstić information content (AvgIpc) is 3.61. The highest BCUT2D eigenvalue weighted by molar-refractivity contribution is 6.06. The van der Waals surface area contributed by atoms with Crippen LogP contribution in [0.1, 0.15) is 27.5 Å². The van der Waals surface area contributed by atoms with E-state index in [2.05, 4.69) is 47.4 Å². The summed E-state index contributed by atoms with van der Waals surface area (Å²) in [5.41, 5.74) is 14.4. The van der Waals surface area contributed by atoms with Crippen molar-refractivity contribution in [3.8, 4) is 22.4 Å². The number of hydrogen-bond acceptors (Lipinski definition) is 5. The van der Waals surface area contributed by atoms with Gasteiger partial charge in [0.05, 0.1) is 11.6 Å². The number of pyridine rings is 1. The molecule has 6 N–H and O–H groups in total. The molecule has 1 amide bonds. The molecular formula is C26H19N8O+. The Hall–Kier alpha value is -5.05. The van der Waals surface area contributed by atoms with Crippen molar-refractivity contribution in [3.05, 3.63) is 90.0 Å². The molecule has 4 heterocycles. The maximum atomic E-state index is 13.5. The molecule has 0 aliphatic heterocycles. The van der Waals surface area contributed by atoms with Gasteiger partial charge in [-0.25, -0.2) is 9.97 Å². The maximum absolute atomic E-state index is 13.5. The third kappa shape index (κ3) is 2.85. The van der Waals surface area contributed by atoms with Gasteiger partial charge in [0.2, 0.25) is 0 Å². The Bertz CT molecular complexity index is 1780. The van der Waals surface area contributed by atoms with Gasteiger partial charge in [-0.1, -0.05) is 47.4 Å². The lowest BCUT2D eigenvalue weighted by Crippen LogP contribution is -2.28. The number of imidazole rings is 1. The summed E-state index contributed by atoms with van der Waals surface area (Å²) in [5, 5.41) is 4.04. The molecule has 7 rings (SSSR count). The molecule has 4 aromatic heterocycles. The van der Waals surface area contributed by atoms with Crippen LogP contribution < -0.4 is 16.0 Å². The Labute approximate surface area is 198 Å². The van der Waals surface area contributed by atoms with Gasteiger partial charge in [0, 0.05) is 23.3 Å². The van der Waals surface area contributed by atoms with Gasteiger partial charge >= 0.3 is 5.65 Å². The number of nitrogen functional groups attached to an aromatic ring is 1. The fraction of sp³-hybridized carbons (Fsp3) is 0.0385. The molecule has 0 spiro atoms. The van der Waals surface area contributed by atoms with Crippen LogP contribution in [0, 0.1) is 0 Å². The van der Waals surface area contributed by atoms with Crippen LogP contribution >= 0.6 is 0 Å². The number of amides is 1. The predicted molar refractivity (Wildman–Crippen MR) is 131 cm³/mol. The number of carbonyl (C=O) groups is 1. The molecule has 6 aromatic rings. The topological polar surface area (TPSA) is 140 Å². The predicted octanol–water partition coefficient (Wildman–Crippen LogP) is 3.40. The lowest BCUT2D eigenvalue weighted by atomic mass is 9.96. The number of anilines is 1. The van der Waals surface area contributed by atoms with E-state index in [0.29, 0.717) is 22.6 Å². The van der Waals surface area contributed by atoms with Crippen molar-refractivity contribution in [3.63, 3.8) is 0 Å². The summed E-state index contributed by atoms with van der Waals surface area (Å²) < 4.78 is 0. The first-order valence-corrected chi connectivity index (χ1v) is 11.2. The molecule has 1 unspecified atom stereocenters. The Morgan fingerprint density at radius 1 is 0.971 bits per heavy atom. The number of carbonyl (C=O) groups excluding carboxylic acids is 1. The Balaban J connectivity index is 1.40. The molecule has 0 radical (unpaired) electrons. The summed E-state index contributed by atoms with van der Waals surface area (Å²) >= 11 is 0. The van der Waals surface area contributed by atoms with Crippen LogP contribution in [0.3, 0.4) is 0 Å². The van der Waals surface area contributed by atoms with Gasteiger partial charge in [-0.3, -0.25) is 9.78 Å². The van der Waals surface area contributed by atoms with Gasteiger partial charge in [0.15, 0.2) is 11.8 Å². The zero-order chi connectivity index (χ0) is 23.5. The van der Waals surface area contributed by atoms with E-state index in [1.807, 2.05) is 36.4 Å². The van der Waals surface area contributed by atoms with E-state index in [4.69, 9.17) is 5.73 Å². The lowest BCUT2D eigenvalue weighted by Gasteiger charge is -2.17. The number of H-pyrrole nitrogens is 3. The lowest BCUT2D eigenvalue weighted by molar-refractivity contribution is -0.347. The summed E-state index contributed by atoms with van der Waals surface area (Å²) in [7, 11) is 0. The molecule has 0 saturated carbocycles. The Morgan fingerprint density at radius 2 is 1.83 bits per heavy atom. The van der Waals surface area contributed by atoms with Crippen molar-refractivity contribution in [1.29, 1.82) is 0 Å². The number of nitrogens with two attached hydrogens (primary N) is 1. The Morgan fingerprint density at radius 3 is 2.77 bits per heavy atom. The smallest absolute Gasteiger partial charge is 0.305 e. The molecule has 0 bridgehead atoms. The van der Waals surface area contributed by atoms with Crippen LogP contribution in [0.5, 0.6) is 0 Å². The molecule has 2 aromatic carbocycles. The second-order valence-corrected chi connectivity index (χ2v) is 8.45. The molecule has 1 atom stereocenters. The highest BCUT2D eigenvalue weighted by Crippen LogP contribution is 2.48. The minimum absolute atomic E-state index is 0.164. The third-order valence-corrected chi connectivity index (χ3v) is 6.54. The first-order chi connectivity index (χ1) is 17.2. The van der Waals surface area contributed by atoms with Crippen molar-refractivity contribution < 1.29 is 9.78 Å². The highest BCUT2D eigenvalue weighted by Gasteiger charge is 2.33. The van der Waals surface area contributed by atoms with Gasteiger partial charge in [-0.05, 0) is 34.4 Å². The zero-order valence-corrected chi connectivity index (χ0v) is 18.3. The van der Waals surface area contributed by atoms with Crippen LogP contribution in [-0.4, -0.2) is 30.8 Å². The van der Waals surface area contributed by atoms with E-state index < -0.39 is 0 Å². The molecule has 168 valence electrons. The molecule has 1 aliphatic rings. The molecule has 9 heteroatoms. The van der Waals surface area contributed by atoms with E-state index in [-0.39, 0.29) is 17.9 Å². The number of benzene rings is 2. The molecule has 1 aliphatic carbocycles. The SMILES string of the molecule is Nc1nc(-c2cccc3c2-c2ccccc2C3NC(=O)c2ccnc3[nH]ccc23)c2[nH]c[nH+]c2n1. The average molecular weight is 459 g/mol. The van der Waals surface area contributed by atoms with E-state index in [1.165, 1.54) is 0 Å². The van der Waals surface area contributed by atoms with Crippen LogP contribution in [0.4, 0.5) is 5.95 Å². The molecular weight excluding hydrogens is 440 g/mol. The number of aromatic nitrogens is 6. The van der Waals surface area contributed by atoms with Crippen molar-refractivity contribution in [2.24, 2.45) is 0 Å². The van der Waals surface area contributed by atoms with Gasteiger partial charge in [-0.2, -0.15) is 4.98 Å². The number of rotatable bonds is 3. The number of fused-ring (bicyclic) bond motifs is 5. The highest BCUT2D eigenvalue weighted by atomic mass is 16.1. The zero-order valence-electron chi connectivity index (χ0n) is 18.3. The summed E-state index contributed by atoms with van der Waals surface area (Å²) in [5.74, 6) is 0.0213. The largest absolute Gasteiger partial charge is 0.354 e. The number of nitrogens with one attached hydrogen (secondary N) is 4. The number of nitrogens with zero attached hydrogens (tertiary/aromatic N) is 3. The van der Waals surface area contributed by atoms with Gasteiger partial charge in [0.25, 0.3) is 11.9 Å². The summed E-state index contributed by atoms with van der Waals surface area (Å²) in [4.78, 5) is 36.0. The van der Waals surface area contributed by atoms with Crippen LogP contribution in [0.25, 0.3) is 44.6 Å². The summed E-state index contributed by atoms with van der Waals surface area (Å²) in [6.07, 6.45) is 5.13. The van der Waals surface area contributed by atoms with Crippen LogP contribution in [0.15, 0.2) is 73.3 Å². The molecule has 0 fully saturated rings. The standard InChI is InChI=1S/C26H18N8O/c27-26-33-21(22-24(34-26)31-12-30-22)18-7-3-6-17-19(18)13-4-1-2-5-14(13)20(17)32-25(35)16-9-11-29-23-15(16)8-10-28-23/h1-12,20H,(H,28,29)(H,32,35)(H3,27,30,31,33,34)/p+1. The third-order valence-electron chi connectivity index (χ3n) is 6.54. The van der Waals surface area contributed by atoms with E-state index in [9.17, 15) is 4.79 Å². The van der Waals surface area contributed by atoms with Crippen molar-refractivity contribution in [2.45, 2.75) is 6.04 Å². The Kier molecular flexibility index (Phi) is 4.01. The van der Waals surface area contributed by atoms with Gasteiger partial charge < -0.3 is 16.0 Å². The van der Waals surface area contributed by atoms with Gasteiger partial charge in [0.1, 0.15) is 11.3 Å². The minimum Gasteiger partial charge on any atom is -0.354 e. The quantitative estimate of drug-likeness (QED) is 0.321. The maximum Gasteiger partial charge on any atom is 0.305 e.